The maximum Gasteiger partial charge on any atom is 0.141 e. The highest BCUT2D eigenvalue weighted by Crippen LogP contribution is 2.24. The molecule has 5 heteroatoms. The SMILES string of the molecule is Cc1nn(Cc2ccccc2Br)c(N)c1Cl. The minimum Gasteiger partial charge on any atom is -0.383 e. The number of aromatic nitrogens is 2. The van der Waals surface area contributed by atoms with Gasteiger partial charge in [0, 0.05) is 4.47 Å². The van der Waals surface area contributed by atoms with Crippen molar-refractivity contribution in [2.75, 3.05) is 5.73 Å². The van der Waals surface area contributed by atoms with Crippen LogP contribution in [0.2, 0.25) is 5.02 Å². The zero-order chi connectivity index (χ0) is 11.7. The van der Waals surface area contributed by atoms with Gasteiger partial charge in [-0.2, -0.15) is 5.10 Å². The first-order valence-electron chi connectivity index (χ1n) is 4.81. The van der Waals surface area contributed by atoms with Crippen LogP contribution in [0.5, 0.6) is 0 Å². The van der Waals surface area contributed by atoms with Gasteiger partial charge in [0.15, 0.2) is 0 Å². The molecule has 3 nitrogen and oxygen atoms in total. The molecule has 2 N–H and O–H groups in total. The molecule has 0 bridgehead atoms. The summed E-state index contributed by atoms with van der Waals surface area (Å²) in [4.78, 5) is 0. The Balaban J connectivity index is 2.34. The molecule has 1 heterocycles. The van der Waals surface area contributed by atoms with Gasteiger partial charge in [-0.25, -0.2) is 4.68 Å². The highest BCUT2D eigenvalue weighted by Gasteiger charge is 2.10. The molecule has 0 aliphatic rings. The number of halogens is 2. The van der Waals surface area contributed by atoms with Gasteiger partial charge in [0.25, 0.3) is 0 Å². The van der Waals surface area contributed by atoms with Crippen molar-refractivity contribution in [3.63, 3.8) is 0 Å². The van der Waals surface area contributed by atoms with E-state index in [9.17, 15) is 0 Å². The lowest BCUT2D eigenvalue weighted by molar-refractivity contribution is 0.687. The molecule has 0 aliphatic carbocycles. The van der Waals surface area contributed by atoms with Crippen LogP contribution in [0, 0.1) is 6.92 Å². The van der Waals surface area contributed by atoms with Gasteiger partial charge >= 0.3 is 0 Å². The molecule has 0 amide bonds. The van der Waals surface area contributed by atoms with Crippen molar-refractivity contribution < 1.29 is 0 Å². The average molecular weight is 301 g/mol. The molecule has 1 aromatic heterocycles. The molecule has 84 valence electrons. The van der Waals surface area contributed by atoms with Crippen molar-refractivity contribution in [1.82, 2.24) is 9.78 Å². The zero-order valence-electron chi connectivity index (χ0n) is 8.74. The second-order valence-corrected chi connectivity index (χ2v) is 4.77. The van der Waals surface area contributed by atoms with E-state index in [1.54, 1.807) is 4.68 Å². The largest absolute Gasteiger partial charge is 0.383 e. The molecule has 0 spiro atoms. The van der Waals surface area contributed by atoms with Gasteiger partial charge in [0.2, 0.25) is 0 Å². The minimum absolute atomic E-state index is 0.509. The van der Waals surface area contributed by atoms with E-state index >= 15 is 0 Å². The third-order valence-corrected chi connectivity index (χ3v) is 3.61. The number of aryl methyl sites for hydroxylation is 1. The van der Waals surface area contributed by atoms with E-state index in [1.165, 1.54) is 0 Å². The quantitative estimate of drug-likeness (QED) is 0.925. The monoisotopic (exact) mass is 299 g/mol. The number of benzene rings is 1. The Hall–Kier alpha value is -1.00. The van der Waals surface area contributed by atoms with E-state index in [0.29, 0.717) is 17.4 Å². The summed E-state index contributed by atoms with van der Waals surface area (Å²) in [6.45, 7) is 2.45. The van der Waals surface area contributed by atoms with Crippen molar-refractivity contribution in [3.8, 4) is 0 Å². The first-order valence-corrected chi connectivity index (χ1v) is 5.98. The number of anilines is 1. The summed E-state index contributed by atoms with van der Waals surface area (Å²) in [5.41, 5.74) is 7.73. The summed E-state index contributed by atoms with van der Waals surface area (Å²) in [5, 5.41) is 4.82. The van der Waals surface area contributed by atoms with Gasteiger partial charge in [-0.05, 0) is 18.6 Å². The van der Waals surface area contributed by atoms with E-state index in [0.717, 1.165) is 15.7 Å². The van der Waals surface area contributed by atoms with Crippen molar-refractivity contribution in [1.29, 1.82) is 0 Å². The number of hydrogen-bond acceptors (Lipinski definition) is 2. The van der Waals surface area contributed by atoms with E-state index in [4.69, 9.17) is 17.3 Å². The summed E-state index contributed by atoms with van der Waals surface area (Å²) in [6.07, 6.45) is 0. The normalized spacial score (nSPS) is 10.7. The lowest BCUT2D eigenvalue weighted by Crippen LogP contribution is -2.06. The minimum atomic E-state index is 0.509. The molecule has 0 fully saturated rings. The van der Waals surface area contributed by atoms with Crippen LogP contribution in [0.25, 0.3) is 0 Å². The number of nitrogens with zero attached hydrogens (tertiary/aromatic N) is 2. The van der Waals surface area contributed by atoms with Crippen LogP contribution in [-0.2, 0) is 6.54 Å². The molecule has 0 saturated carbocycles. The molecule has 2 rings (SSSR count). The molecule has 0 unspecified atom stereocenters. The van der Waals surface area contributed by atoms with Gasteiger partial charge < -0.3 is 5.73 Å². The number of nitrogen functional groups attached to an aromatic ring is 1. The van der Waals surface area contributed by atoms with Gasteiger partial charge in [0.1, 0.15) is 10.8 Å². The molecule has 2 aromatic rings. The van der Waals surface area contributed by atoms with Crippen molar-refractivity contribution >= 4 is 33.3 Å². The summed E-state index contributed by atoms with van der Waals surface area (Å²) >= 11 is 9.47. The predicted octanol–water partition coefficient (Wildman–Crippen LogP) is 3.24. The van der Waals surface area contributed by atoms with Gasteiger partial charge in [-0.1, -0.05) is 45.7 Å². The van der Waals surface area contributed by atoms with Crippen LogP contribution < -0.4 is 5.73 Å². The van der Waals surface area contributed by atoms with E-state index in [-0.39, 0.29) is 0 Å². The van der Waals surface area contributed by atoms with Crippen LogP contribution in [0.1, 0.15) is 11.3 Å². The fourth-order valence-corrected chi connectivity index (χ4v) is 2.03. The molecule has 16 heavy (non-hydrogen) atoms. The third kappa shape index (κ3) is 2.08. The first kappa shape index (κ1) is 11.5. The Labute approximate surface area is 107 Å². The molecule has 0 aliphatic heterocycles. The molecule has 1 aromatic carbocycles. The number of nitrogens with two attached hydrogens (primary N) is 1. The summed E-state index contributed by atoms with van der Waals surface area (Å²) in [6, 6.07) is 7.96. The predicted molar refractivity (Wildman–Crippen MR) is 69.6 cm³/mol. The van der Waals surface area contributed by atoms with Crippen LogP contribution in [0.15, 0.2) is 28.7 Å². The Kier molecular flexibility index (Phi) is 3.21. The Morgan fingerprint density at radius 1 is 1.44 bits per heavy atom. The maximum atomic E-state index is 5.98. The number of rotatable bonds is 2. The maximum absolute atomic E-state index is 5.98. The van der Waals surface area contributed by atoms with Gasteiger partial charge in [0.05, 0.1) is 12.2 Å². The number of hydrogen-bond donors (Lipinski definition) is 1. The van der Waals surface area contributed by atoms with E-state index in [1.807, 2.05) is 31.2 Å². The summed E-state index contributed by atoms with van der Waals surface area (Å²) < 4.78 is 2.75. The molecule has 0 saturated heterocycles. The summed E-state index contributed by atoms with van der Waals surface area (Å²) in [5.74, 6) is 0.509. The third-order valence-electron chi connectivity index (χ3n) is 2.37. The van der Waals surface area contributed by atoms with E-state index < -0.39 is 0 Å². The van der Waals surface area contributed by atoms with Crippen molar-refractivity contribution in [2.24, 2.45) is 0 Å². The lowest BCUT2D eigenvalue weighted by Gasteiger charge is -2.06. The average Bonchev–Trinajstić information content (AvgIpc) is 2.50. The van der Waals surface area contributed by atoms with Crippen LogP contribution in [0.3, 0.4) is 0 Å². The molecular weight excluding hydrogens is 289 g/mol. The van der Waals surface area contributed by atoms with Crippen LogP contribution >= 0.6 is 27.5 Å². The van der Waals surface area contributed by atoms with Gasteiger partial charge in [-0.15, -0.1) is 0 Å². The van der Waals surface area contributed by atoms with Crippen LogP contribution in [0.4, 0.5) is 5.82 Å². The van der Waals surface area contributed by atoms with Crippen molar-refractivity contribution in [2.45, 2.75) is 13.5 Å². The lowest BCUT2D eigenvalue weighted by atomic mass is 10.2. The smallest absolute Gasteiger partial charge is 0.141 e. The second kappa shape index (κ2) is 4.47. The van der Waals surface area contributed by atoms with Gasteiger partial charge in [-0.3, -0.25) is 0 Å². The Morgan fingerprint density at radius 2 is 2.12 bits per heavy atom. The zero-order valence-corrected chi connectivity index (χ0v) is 11.1. The Morgan fingerprint density at radius 3 is 2.69 bits per heavy atom. The van der Waals surface area contributed by atoms with Crippen molar-refractivity contribution in [3.05, 3.63) is 45.0 Å². The second-order valence-electron chi connectivity index (χ2n) is 3.53. The highest BCUT2D eigenvalue weighted by molar-refractivity contribution is 9.10. The van der Waals surface area contributed by atoms with E-state index in [2.05, 4.69) is 21.0 Å². The Bertz CT molecular complexity index is 522. The molecule has 0 radical (unpaired) electrons. The fourth-order valence-electron chi connectivity index (χ4n) is 1.49. The standard InChI is InChI=1S/C11H11BrClN3/c1-7-10(13)11(14)16(15-7)6-8-4-2-3-5-9(8)12/h2-5H,6,14H2,1H3. The summed E-state index contributed by atoms with van der Waals surface area (Å²) in [7, 11) is 0. The topological polar surface area (TPSA) is 43.8 Å². The highest BCUT2D eigenvalue weighted by atomic mass is 79.9. The molecular formula is C11H11BrClN3. The first-order chi connectivity index (χ1) is 7.59. The fraction of sp³-hybridized carbons (Fsp3) is 0.182. The molecule has 0 atom stereocenters. The van der Waals surface area contributed by atoms with Crippen LogP contribution in [-0.4, -0.2) is 9.78 Å².